The molecule has 1 amide bonds. The minimum absolute atomic E-state index is 0.0902. The summed E-state index contributed by atoms with van der Waals surface area (Å²) < 4.78 is 19.9. The summed E-state index contributed by atoms with van der Waals surface area (Å²) in [5.41, 5.74) is 1.68. The van der Waals surface area contributed by atoms with Gasteiger partial charge in [-0.05, 0) is 56.3 Å². The summed E-state index contributed by atoms with van der Waals surface area (Å²) >= 11 is 0. The Hall–Kier alpha value is -3.22. The van der Waals surface area contributed by atoms with E-state index < -0.39 is 5.41 Å². The molecule has 2 heterocycles. The molecule has 0 unspecified atom stereocenters. The number of benzene rings is 1. The lowest BCUT2D eigenvalue weighted by Gasteiger charge is -2.20. The number of hydrogen-bond acceptors (Lipinski definition) is 5. The molecular formula is C22H23FN4O2. The van der Waals surface area contributed by atoms with Gasteiger partial charge in [-0.3, -0.25) is 4.79 Å². The molecule has 1 aromatic carbocycles. The zero-order chi connectivity index (χ0) is 20.4. The average Bonchev–Trinajstić information content (AvgIpc) is 3.44. The van der Waals surface area contributed by atoms with E-state index in [1.165, 1.54) is 12.1 Å². The topological polar surface area (TPSA) is 76.1 Å². The summed E-state index contributed by atoms with van der Waals surface area (Å²) in [7, 11) is 0. The molecule has 0 spiro atoms. The summed E-state index contributed by atoms with van der Waals surface area (Å²) in [6.07, 6.45) is 7.75. The van der Waals surface area contributed by atoms with Crippen molar-refractivity contribution in [2.45, 2.75) is 25.7 Å². The summed E-state index contributed by atoms with van der Waals surface area (Å²) in [5.74, 6) is 0.516. The average molecular weight is 394 g/mol. The van der Waals surface area contributed by atoms with Gasteiger partial charge in [0.2, 0.25) is 5.91 Å². The number of aromatic nitrogens is 2. The largest absolute Gasteiger partial charge is 0.489 e. The van der Waals surface area contributed by atoms with Crippen LogP contribution in [0.1, 0.15) is 23.5 Å². The van der Waals surface area contributed by atoms with Crippen molar-refractivity contribution in [3.8, 4) is 5.75 Å². The van der Waals surface area contributed by atoms with Crippen LogP contribution in [-0.4, -0.2) is 29.0 Å². The number of carbonyl (C=O) groups excluding carboxylic acids is 1. The van der Waals surface area contributed by atoms with E-state index in [0.29, 0.717) is 24.5 Å². The summed E-state index contributed by atoms with van der Waals surface area (Å²) in [5, 5.41) is 6.01. The lowest BCUT2D eigenvalue weighted by molar-refractivity contribution is -0.122. The van der Waals surface area contributed by atoms with E-state index in [-0.39, 0.29) is 24.2 Å². The molecule has 29 heavy (non-hydrogen) atoms. The summed E-state index contributed by atoms with van der Waals surface area (Å²) in [6.45, 7) is 4.59. The minimum atomic E-state index is -0.583. The maximum Gasteiger partial charge on any atom is 0.228 e. The van der Waals surface area contributed by atoms with Crippen LogP contribution in [0.2, 0.25) is 0 Å². The van der Waals surface area contributed by atoms with Gasteiger partial charge >= 0.3 is 0 Å². The van der Waals surface area contributed by atoms with Crippen molar-refractivity contribution in [3.63, 3.8) is 0 Å². The molecule has 2 N–H and O–H groups in total. The lowest BCUT2D eigenvalue weighted by atomic mass is 9.93. The normalized spacial score (nSPS) is 22.4. The van der Waals surface area contributed by atoms with E-state index in [1.54, 1.807) is 18.5 Å². The minimum Gasteiger partial charge on any atom is -0.489 e. The number of carbonyl (C=O) groups is 1. The number of rotatable bonds is 6. The fourth-order valence-corrected chi connectivity index (χ4v) is 3.71. The highest BCUT2D eigenvalue weighted by molar-refractivity contribution is 5.86. The fraction of sp³-hybridized carbons (Fsp3) is 0.318. The maximum absolute atomic E-state index is 13.9. The number of nitrogens with zero attached hydrogens (tertiary/aromatic N) is 2. The Kier molecular flexibility index (Phi) is 5.05. The second-order valence-electron chi connectivity index (χ2n) is 7.47. The molecule has 150 valence electrons. The number of amides is 1. The fourth-order valence-electron chi connectivity index (χ4n) is 3.71. The molecular weight excluding hydrogens is 371 g/mol. The van der Waals surface area contributed by atoms with Crippen molar-refractivity contribution >= 4 is 5.91 Å². The zero-order valence-electron chi connectivity index (χ0n) is 16.4. The summed E-state index contributed by atoms with van der Waals surface area (Å²) in [4.78, 5) is 21.4. The number of nitrogens with one attached hydrogen (secondary N) is 2. The highest BCUT2D eigenvalue weighted by Crippen LogP contribution is 2.55. The van der Waals surface area contributed by atoms with Gasteiger partial charge in [-0.2, -0.15) is 0 Å². The van der Waals surface area contributed by atoms with Crippen LogP contribution in [0.5, 0.6) is 5.75 Å². The van der Waals surface area contributed by atoms with Crippen molar-refractivity contribution < 1.29 is 13.9 Å². The van der Waals surface area contributed by atoms with Gasteiger partial charge in [0, 0.05) is 17.7 Å². The lowest BCUT2D eigenvalue weighted by Crippen LogP contribution is -2.31. The molecule has 1 saturated carbocycles. The van der Waals surface area contributed by atoms with Crippen molar-refractivity contribution in [2.24, 2.45) is 5.92 Å². The van der Waals surface area contributed by atoms with E-state index >= 15 is 0 Å². The number of hydrogen-bond donors (Lipinski definition) is 2. The molecule has 1 aliphatic carbocycles. The predicted molar refractivity (Wildman–Crippen MR) is 107 cm³/mol. The molecule has 1 aromatic heterocycles. The van der Waals surface area contributed by atoms with E-state index in [1.807, 2.05) is 32.1 Å². The van der Waals surface area contributed by atoms with E-state index in [2.05, 4.69) is 20.6 Å². The van der Waals surface area contributed by atoms with Crippen LogP contribution in [0.3, 0.4) is 0 Å². The molecule has 1 aliphatic heterocycles. The van der Waals surface area contributed by atoms with Crippen molar-refractivity contribution in [1.82, 2.24) is 20.6 Å². The molecule has 0 bridgehead atoms. The Morgan fingerprint density at radius 2 is 2.28 bits per heavy atom. The number of dihydropyridines is 1. The Morgan fingerprint density at radius 3 is 3.00 bits per heavy atom. The van der Waals surface area contributed by atoms with Gasteiger partial charge in [0.25, 0.3) is 0 Å². The second kappa shape index (κ2) is 7.66. The Labute approximate surface area is 168 Å². The van der Waals surface area contributed by atoms with Gasteiger partial charge in [0.15, 0.2) is 5.75 Å². The maximum atomic E-state index is 13.9. The molecule has 2 aromatic rings. The first-order chi connectivity index (χ1) is 14.0. The first-order valence-electron chi connectivity index (χ1n) is 9.58. The number of halogens is 1. The Morgan fingerprint density at radius 1 is 1.41 bits per heavy atom. The molecule has 4 rings (SSSR count). The summed E-state index contributed by atoms with van der Waals surface area (Å²) in [6, 6.07) is 6.40. The molecule has 0 saturated heterocycles. The van der Waals surface area contributed by atoms with Crippen LogP contribution in [0.25, 0.3) is 0 Å². The number of allylic oxidation sites excluding steroid dienone is 1. The number of ether oxygens (including phenoxy) is 1. The predicted octanol–water partition coefficient (Wildman–Crippen LogP) is 2.69. The monoisotopic (exact) mass is 394 g/mol. The zero-order valence-corrected chi connectivity index (χ0v) is 16.4. The SMILES string of the molecule is Cc1ncc(OC[C@@]2(c3cccc(F)c3)C[C@H]2C(=O)NC2=CCNC=C2)c(C)n1. The van der Waals surface area contributed by atoms with Crippen molar-refractivity contribution in [2.75, 3.05) is 13.2 Å². The Bertz CT molecular complexity index is 1000. The first-order valence-corrected chi connectivity index (χ1v) is 9.58. The van der Waals surface area contributed by atoms with Crippen LogP contribution in [0.15, 0.2) is 54.5 Å². The van der Waals surface area contributed by atoms with Gasteiger partial charge in [-0.15, -0.1) is 0 Å². The first kappa shape index (κ1) is 19.1. The quantitative estimate of drug-likeness (QED) is 0.788. The molecule has 7 heteroatoms. The third kappa shape index (κ3) is 3.99. The molecule has 1 fully saturated rings. The van der Waals surface area contributed by atoms with E-state index in [0.717, 1.165) is 17.0 Å². The van der Waals surface area contributed by atoms with Gasteiger partial charge in [0.05, 0.1) is 24.4 Å². The second-order valence-corrected chi connectivity index (χ2v) is 7.47. The van der Waals surface area contributed by atoms with Gasteiger partial charge in [-0.1, -0.05) is 12.1 Å². The van der Waals surface area contributed by atoms with Gasteiger partial charge in [0.1, 0.15) is 11.6 Å². The van der Waals surface area contributed by atoms with Crippen LogP contribution in [-0.2, 0) is 10.2 Å². The van der Waals surface area contributed by atoms with Crippen LogP contribution < -0.4 is 15.4 Å². The van der Waals surface area contributed by atoms with Crippen molar-refractivity contribution in [1.29, 1.82) is 0 Å². The molecule has 0 radical (unpaired) electrons. The van der Waals surface area contributed by atoms with E-state index in [4.69, 9.17) is 4.74 Å². The molecule has 2 aliphatic rings. The molecule has 2 atom stereocenters. The smallest absolute Gasteiger partial charge is 0.228 e. The molecule has 6 nitrogen and oxygen atoms in total. The standard InChI is InChI=1S/C22H23FN4O2/c1-14-20(12-25-15(2)26-14)29-13-22(16-4-3-5-17(23)10-16)11-19(22)21(28)27-18-6-8-24-9-7-18/h3-8,10,12,19,24H,9,11,13H2,1-2H3,(H,27,28)/t19-,22+/m0/s1. The third-order valence-electron chi connectivity index (χ3n) is 5.42. The number of aryl methyl sites for hydroxylation is 2. The van der Waals surface area contributed by atoms with Gasteiger partial charge in [-0.25, -0.2) is 14.4 Å². The van der Waals surface area contributed by atoms with Crippen LogP contribution >= 0.6 is 0 Å². The van der Waals surface area contributed by atoms with Crippen molar-refractivity contribution in [3.05, 3.63) is 77.4 Å². The highest BCUT2D eigenvalue weighted by Gasteiger charge is 2.60. The van der Waals surface area contributed by atoms with Gasteiger partial charge < -0.3 is 15.4 Å². The van der Waals surface area contributed by atoms with Crippen LogP contribution in [0.4, 0.5) is 4.39 Å². The Balaban J connectivity index is 1.55. The van der Waals surface area contributed by atoms with E-state index in [9.17, 15) is 9.18 Å². The highest BCUT2D eigenvalue weighted by atomic mass is 19.1. The third-order valence-corrected chi connectivity index (χ3v) is 5.42. The van der Waals surface area contributed by atoms with Crippen LogP contribution in [0, 0.1) is 25.6 Å².